The van der Waals surface area contributed by atoms with E-state index >= 15 is 0 Å². The number of benzene rings is 1. The highest BCUT2D eigenvalue weighted by molar-refractivity contribution is 5.76. The zero-order valence-corrected chi connectivity index (χ0v) is 14.6. The number of hydrogen-bond donors (Lipinski definition) is 1. The summed E-state index contributed by atoms with van der Waals surface area (Å²) in [5.41, 5.74) is 1.30. The van der Waals surface area contributed by atoms with Gasteiger partial charge < -0.3 is 15.0 Å². The van der Waals surface area contributed by atoms with Gasteiger partial charge in [-0.2, -0.15) is 0 Å². The highest BCUT2D eigenvalue weighted by Gasteiger charge is 2.22. The third kappa shape index (κ3) is 4.95. The Morgan fingerprint density at radius 3 is 2.67 bits per heavy atom. The Kier molecular flexibility index (Phi) is 6.10. The number of para-hydroxylation sites is 1. The Bertz CT molecular complexity index is 509. The number of nitrogens with zero attached hydrogens (tertiary/aromatic N) is 2. The zero-order valence-electron chi connectivity index (χ0n) is 14.6. The van der Waals surface area contributed by atoms with E-state index in [9.17, 15) is 4.79 Å². The molecule has 1 N–H and O–H groups in total. The highest BCUT2D eigenvalue weighted by Crippen LogP contribution is 2.16. The van der Waals surface area contributed by atoms with Crippen LogP contribution in [0.3, 0.4) is 0 Å². The van der Waals surface area contributed by atoms with Gasteiger partial charge in [-0.3, -0.25) is 9.69 Å². The monoisotopic (exact) mass is 331 g/mol. The molecule has 3 rings (SSSR count). The average Bonchev–Trinajstić information content (AvgIpc) is 3.09. The first-order valence-electron chi connectivity index (χ1n) is 9.14. The molecule has 5 heteroatoms. The van der Waals surface area contributed by atoms with Crippen LogP contribution >= 0.6 is 0 Å². The fourth-order valence-corrected chi connectivity index (χ4v) is 3.61. The first-order valence-corrected chi connectivity index (χ1v) is 9.14. The van der Waals surface area contributed by atoms with Gasteiger partial charge in [-0.15, -0.1) is 0 Å². The van der Waals surface area contributed by atoms with Gasteiger partial charge in [0.1, 0.15) is 0 Å². The summed E-state index contributed by atoms with van der Waals surface area (Å²) < 4.78 is 5.53. The van der Waals surface area contributed by atoms with Gasteiger partial charge in [0, 0.05) is 51.1 Å². The number of ether oxygens (including phenoxy) is 1. The van der Waals surface area contributed by atoms with E-state index in [4.69, 9.17) is 4.74 Å². The molecule has 2 aliphatic rings. The Labute approximate surface area is 145 Å². The van der Waals surface area contributed by atoms with Crippen molar-refractivity contribution in [2.75, 3.05) is 44.2 Å². The smallest absolute Gasteiger partial charge is 0.222 e. The number of hydrogen-bond acceptors (Lipinski definition) is 4. The maximum Gasteiger partial charge on any atom is 0.222 e. The van der Waals surface area contributed by atoms with Gasteiger partial charge in [0.25, 0.3) is 0 Å². The summed E-state index contributed by atoms with van der Waals surface area (Å²) in [6.45, 7) is 7.99. The molecule has 0 radical (unpaired) electrons. The van der Waals surface area contributed by atoms with E-state index in [-0.39, 0.29) is 18.1 Å². The van der Waals surface area contributed by atoms with Crippen molar-refractivity contribution >= 4 is 11.6 Å². The molecule has 1 aromatic carbocycles. The van der Waals surface area contributed by atoms with Crippen LogP contribution in [0.15, 0.2) is 30.3 Å². The lowest BCUT2D eigenvalue weighted by Crippen LogP contribution is -2.51. The lowest BCUT2D eigenvalue weighted by Gasteiger charge is -2.37. The molecular formula is C19H29N3O2. The fraction of sp³-hybridized carbons (Fsp3) is 0.632. The number of piperazine rings is 1. The van der Waals surface area contributed by atoms with E-state index in [0.717, 1.165) is 52.2 Å². The fourth-order valence-electron chi connectivity index (χ4n) is 3.61. The highest BCUT2D eigenvalue weighted by atomic mass is 16.5. The molecule has 2 saturated heterocycles. The summed E-state index contributed by atoms with van der Waals surface area (Å²) in [6.07, 6.45) is 2.74. The van der Waals surface area contributed by atoms with E-state index in [1.165, 1.54) is 5.69 Å². The van der Waals surface area contributed by atoms with Crippen LogP contribution in [-0.4, -0.2) is 62.3 Å². The molecule has 0 bridgehead atoms. The maximum atomic E-state index is 12.1. The van der Waals surface area contributed by atoms with Crippen molar-refractivity contribution in [2.45, 2.75) is 38.3 Å². The first-order chi connectivity index (χ1) is 11.7. The van der Waals surface area contributed by atoms with Crippen molar-refractivity contribution in [1.29, 1.82) is 0 Å². The van der Waals surface area contributed by atoms with Crippen molar-refractivity contribution < 1.29 is 9.53 Å². The standard InChI is InChI=1S/C19H29N3O2/c1-16(20-19(23)14-18-8-5-13-24-18)15-21-9-11-22(12-10-21)17-6-3-2-4-7-17/h2-4,6-7,16,18H,5,8-15H2,1H3,(H,20,23)/t16-,18+/m0/s1. The zero-order chi connectivity index (χ0) is 16.8. The normalized spacial score (nSPS) is 23.2. The predicted molar refractivity (Wildman–Crippen MR) is 96.3 cm³/mol. The van der Waals surface area contributed by atoms with Crippen molar-refractivity contribution in [1.82, 2.24) is 10.2 Å². The van der Waals surface area contributed by atoms with Gasteiger partial charge in [0.15, 0.2) is 0 Å². The lowest BCUT2D eigenvalue weighted by molar-refractivity contribution is -0.123. The van der Waals surface area contributed by atoms with Gasteiger partial charge >= 0.3 is 0 Å². The summed E-state index contributed by atoms with van der Waals surface area (Å²) in [6, 6.07) is 10.8. The summed E-state index contributed by atoms with van der Waals surface area (Å²) in [5, 5.41) is 3.12. The van der Waals surface area contributed by atoms with Gasteiger partial charge in [-0.1, -0.05) is 18.2 Å². The molecule has 24 heavy (non-hydrogen) atoms. The molecule has 0 aliphatic carbocycles. The molecular weight excluding hydrogens is 302 g/mol. The van der Waals surface area contributed by atoms with Crippen LogP contribution in [-0.2, 0) is 9.53 Å². The second-order valence-electron chi connectivity index (χ2n) is 6.93. The van der Waals surface area contributed by atoms with Crippen molar-refractivity contribution in [3.05, 3.63) is 30.3 Å². The van der Waals surface area contributed by atoms with Gasteiger partial charge in [0.2, 0.25) is 5.91 Å². The molecule has 2 fully saturated rings. The maximum absolute atomic E-state index is 12.1. The third-order valence-corrected chi connectivity index (χ3v) is 4.87. The lowest BCUT2D eigenvalue weighted by atomic mass is 10.1. The molecule has 2 heterocycles. The number of carbonyl (C=O) groups excluding carboxylic acids is 1. The van der Waals surface area contributed by atoms with E-state index in [0.29, 0.717) is 6.42 Å². The molecule has 2 atom stereocenters. The second-order valence-corrected chi connectivity index (χ2v) is 6.93. The Balaban J connectivity index is 1.36. The van der Waals surface area contributed by atoms with Crippen LogP contribution in [0.5, 0.6) is 0 Å². The molecule has 132 valence electrons. The van der Waals surface area contributed by atoms with E-state index in [1.54, 1.807) is 0 Å². The molecule has 5 nitrogen and oxygen atoms in total. The minimum atomic E-state index is 0.123. The van der Waals surface area contributed by atoms with Crippen molar-refractivity contribution in [3.8, 4) is 0 Å². The third-order valence-electron chi connectivity index (χ3n) is 4.87. The molecule has 0 unspecified atom stereocenters. The molecule has 0 aromatic heterocycles. The van der Waals surface area contributed by atoms with Crippen LogP contribution in [0.4, 0.5) is 5.69 Å². The van der Waals surface area contributed by atoms with E-state index < -0.39 is 0 Å². The Morgan fingerprint density at radius 2 is 2.00 bits per heavy atom. The summed E-state index contributed by atoms with van der Waals surface area (Å²) >= 11 is 0. The average molecular weight is 331 g/mol. The summed E-state index contributed by atoms with van der Waals surface area (Å²) in [7, 11) is 0. The Morgan fingerprint density at radius 1 is 1.25 bits per heavy atom. The molecule has 1 amide bonds. The number of carbonyl (C=O) groups is 1. The first kappa shape index (κ1) is 17.2. The van der Waals surface area contributed by atoms with Crippen molar-refractivity contribution in [3.63, 3.8) is 0 Å². The largest absolute Gasteiger partial charge is 0.378 e. The van der Waals surface area contributed by atoms with Crippen LogP contribution in [0.25, 0.3) is 0 Å². The molecule has 0 spiro atoms. The van der Waals surface area contributed by atoms with E-state index in [1.807, 2.05) is 0 Å². The van der Waals surface area contributed by atoms with Crippen LogP contribution < -0.4 is 10.2 Å². The molecule has 2 aliphatic heterocycles. The van der Waals surface area contributed by atoms with Gasteiger partial charge in [-0.05, 0) is 31.9 Å². The summed E-state index contributed by atoms with van der Waals surface area (Å²) in [5.74, 6) is 0.123. The minimum Gasteiger partial charge on any atom is -0.378 e. The van der Waals surface area contributed by atoms with Gasteiger partial charge in [-0.25, -0.2) is 0 Å². The quantitative estimate of drug-likeness (QED) is 0.864. The van der Waals surface area contributed by atoms with Crippen LogP contribution in [0.2, 0.25) is 0 Å². The summed E-state index contributed by atoms with van der Waals surface area (Å²) in [4.78, 5) is 16.9. The van der Waals surface area contributed by atoms with Crippen molar-refractivity contribution in [2.24, 2.45) is 0 Å². The molecule has 1 aromatic rings. The number of rotatable bonds is 6. The number of anilines is 1. The van der Waals surface area contributed by atoms with Crippen LogP contribution in [0, 0.1) is 0 Å². The number of amides is 1. The second kappa shape index (κ2) is 8.49. The van der Waals surface area contributed by atoms with Gasteiger partial charge in [0.05, 0.1) is 12.5 Å². The SMILES string of the molecule is C[C@@H](CN1CCN(c2ccccc2)CC1)NC(=O)C[C@H]1CCCO1. The van der Waals surface area contributed by atoms with Crippen LogP contribution in [0.1, 0.15) is 26.2 Å². The number of nitrogens with one attached hydrogen (secondary N) is 1. The molecule has 0 saturated carbocycles. The van der Waals surface area contributed by atoms with E-state index in [2.05, 4.69) is 52.4 Å². The Hall–Kier alpha value is -1.59. The topological polar surface area (TPSA) is 44.8 Å². The minimum absolute atomic E-state index is 0.123. The predicted octanol–water partition coefficient (Wildman–Crippen LogP) is 1.88.